The molecule has 0 aromatic heterocycles. The fraction of sp³-hybridized carbons (Fsp3) is 0.364. The Bertz CT molecular complexity index is 617. The SMILES string of the molecule is Cc1cc(Cl)ccc1S(=O)(=O)N1CSC[C@H]1C(=O)O. The first kappa shape index (κ1) is 14.6. The number of hydrogen-bond acceptors (Lipinski definition) is 4. The number of halogens is 1. The molecular formula is C11H12ClNO4S2. The Morgan fingerprint density at radius 2 is 2.21 bits per heavy atom. The largest absolute Gasteiger partial charge is 0.480 e. The van der Waals surface area contributed by atoms with Crippen LogP contribution >= 0.6 is 23.4 Å². The Balaban J connectivity index is 2.45. The van der Waals surface area contributed by atoms with Crippen LogP contribution in [0, 0.1) is 6.92 Å². The summed E-state index contributed by atoms with van der Waals surface area (Å²) < 4.78 is 26.0. The van der Waals surface area contributed by atoms with Crippen molar-refractivity contribution >= 4 is 39.4 Å². The van der Waals surface area contributed by atoms with E-state index in [1.807, 2.05) is 0 Å². The number of aryl methyl sites for hydroxylation is 1. The molecule has 1 heterocycles. The second-order valence-corrected chi connectivity index (χ2v) is 7.45. The lowest BCUT2D eigenvalue weighted by Crippen LogP contribution is -2.41. The number of benzene rings is 1. The van der Waals surface area contributed by atoms with Crippen molar-refractivity contribution < 1.29 is 18.3 Å². The van der Waals surface area contributed by atoms with Crippen molar-refractivity contribution in [3.05, 3.63) is 28.8 Å². The molecule has 5 nitrogen and oxygen atoms in total. The van der Waals surface area contributed by atoms with E-state index in [0.29, 0.717) is 10.6 Å². The monoisotopic (exact) mass is 321 g/mol. The summed E-state index contributed by atoms with van der Waals surface area (Å²) in [6.45, 7) is 1.64. The molecule has 8 heteroatoms. The minimum atomic E-state index is -3.81. The van der Waals surface area contributed by atoms with Gasteiger partial charge in [-0.25, -0.2) is 8.42 Å². The van der Waals surface area contributed by atoms with Crippen molar-refractivity contribution in [2.75, 3.05) is 11.6 Å². The summed E-state index contributed by atoms with van der Waals surface area (Å²) in [6, 6.07) is 3.44. The summed E-state index contributed by atoms with van der Waals surface area (Å²) in [6.07, 6.45) is 0. The van der Waals surface area contributed by atoms with Gasteiger partial charge in [0.15, 0.2) is 0 Å². The number of carbonyl (C=O) groups is 1. The quantitative estimate of drug-likeness (QED) is 0.918. The number of carboxylic acids is 1. The van der Waals surface area contributed by atoms with Crippen molar-refractivity contribution in [1.82, 2.24) is 4.31 Å². The van der Waals surface area contributed by atoms with Gasteiger partial charge in [-0.3, -0.25) is 4.79 Å². The highest BCUT2D eigenvalue weighted by Gasteiger charge is 2.40. The van der Waals surface area contributed by atoms with Crippen molar-refractivity contribution in [3.63, 3.8) is 0 Å². The average molecular weight is 322 g/mol. The Morgan fingerprint density at radius 1 is 1.53 bits per heavy atom. The van der Waals surface area contributed by atoms with Gasteiger partial charge in [-0.1, -0.05) is 11.6 Å². The predicted octanol–water partition coefficient (Wildman–Crippen LogP) is 1.80. The lowest BCUT2D eigenvalue weighted by Gasteiger charge is -2.21. The molecule has 0 amide bonds. The molecule has 1 atom stereocenters. The minimum absolute atomic E-state index is 0.102. The Kier molecular flexibility index (Phi) is 4.10. The van der Waals surface area contributed by atoms with Gasteiger partial charge < -0.3 is 5.11 Å². The number of aliphatic carboxylic acids is 1. The Hall–Kier alpha value is -0.760. The van der Waals surface area contributed by atoms with Crippen molar-refractivity contribution in [1.29, 1.82) is 0 Å². The molecule has 0 spiro atoms. The third kappa shape index (κ3) is 2.74. The zero-order chi connectivity index (χ0) is 14.2. The fourth-order valence-electron chi connectivity index (χ4n) is 1.89. The molecule has 19 heavy (non-hydrogen) atoms. The van der Waals surface area contributed by atoms with Gasteiger partial charge in [0.25, 0.3) is 0 Å². The summed E-state index contributed by atoms with van der Waals surface area (Å²) in [4.78, 5) is 11.2. The van der Waals surface area contributed by atoms with Crippen LogP contribution in [-0.2, 0) is 14.8 Å². The van der Waals surface area contributed by atoms with Crippen molar-refractivity contribution in [3.8, 4) is 0 Å². The van der Waals surface area contributed by atoms with Crippen LogP contribution in [0.5, 0.6) is 0 Å². The van der Waals surface area contributed by atoms with Crippen LogP contribution in [0.15, 0.2) is 23.1 Å². The predicted molar refractivity (Wildman–Crippen MR) is 74.0 cm³/mol. The topological polar surface area (TPSA) is 74.7 Å². The van der Waals surface area contributed by atoms with E-state index in [2.05, 4.69) is 0 Å². The van der Waals surface area contributed by atoms with E-state index in [-0.39, 0.29) is 16.5 Å². The molecule has 0 saturated carbocycles. The highest BCUT2D eigenvalue weighted by molar-refractivity contribution is 8.00. The van der Waals surface area contributed by atoms with E-state index in [4.69, 9.17) is 16.7 Å². The van der Waals surface area contributed by atoms with E-state index in [1.165, 1.54) is 23.9 Å². The number of hydrogen-bond donors (Lipinski definition) is 1. The lowest BCUT2D eigenvalue weighted by molar-refractivity contribution is -0.140. The second kappa shape index (κ2) is 5.32. The zero-order valence-electron chi connectivity index (χ0n) is 10.0. The smallest absolute Gasteiger partial charge is 0.322 e. The van der Waals surface area contributed by atoms with E-state index in [9.17, 15) is 13.2 Å². The molecule has 104 valence electrons. The summed E-state index contributed by atoms with van der Waals surface area (Å²) in [5, 5.41) is 9.51. The maximum atomic E-state index is 12.5. The standard InChI is InChI=1S/C11H12ClNO4S2/c1-7-4-8(12)2-3-10(7)19(16,17)13-6-18-5-9(13)11(14)15/h2-4,9H,5-6H2,1H3,(H,14,15)/t9-/m0/s1. The Morgan fingerprint density at radius 3 is 2.79 bits per heavy atom. The van der Waals surface area contributed by atoms with Crippen LogP contribution < -0.4 is 0 Å². The van der Waals surface area contributed by atoms with Gasteiger partial charge in [-0.15, -0.1) is 11.8 Å². The van der Waals surface area contributed by atoms with E-state index < -0.39 is 22.0 Å². The molecule has 1 aromatic carbocycles. The molecule has 1 fully saturated rings. The third-order valence-corrected chi connectivity index (χ3v) is 6.28. The molecule has 0 aliphatic carbocycles. The number of carboxylic acid groups (broad SMARTS) is 1. The van der Waals surface area contributed by atoms with Crippen LogP contribution in [0.25, 0.3) is 0 Å². The number of thioether (sulfide) groups is 1. The summed E-state index contributed by atoms with van der Waals surface area (Å²) in [5.41, 5.74) is 0.508. The number of sulfonamides is 1. The first-order valence-electron chi connectivity index (χ1n) is 5.42. The molecule has 0 radical (unpaired) electrons. The average Bonchev–Trinajstić information content (AvgIpc) is 2.77. The van der Waals surface area contributed by atoms with Gasteiger partial charge in [0.2, 0.25) is 10.0 Å². The van der Waals surface area contributed by atoms with Gasteiger partial charge in [0.1, 0.15) is 6.04 Å². The van der Waals surface area contributed by atoms with E-state index in [0.717, 1.165) is 4.31 Å². The molecule has 1 N–H and O–H groups in total. The summed E-state index contributed by atoms with van der Waals surface area (Å²) in [7, 11) is -3.81. The first-order chi connectivity index (χ1) is 8.84. The van der Waals surface area contributed by atoms with Crippen LogP contribution in [0.3, 0.4) is 0 Å². The van der Waals surface area contributed by atoms with Gasteiger partial charge in [-0.05, 0) is 30.7 Å². The molecule has 2 rings (SSSR count). The first-order valence-corrected chi connectivity index (χ1v) is 8.40. The molecule has 1 aliphatic heterocycles. The van der Waals surface area contributed by atoms with Crippen molar-refractivity contribution in [2.24, 2.45) is 0 Å². The zero-order valence-corrected chi connectivity index (χ0v) is 12.4. The minimum Gasteiger partial charge on any atom is -0.480 e. The Labute approximate surface area is 120 Å². The maximum Gasteiger partial charge on any atom is 0.322 e. The van der Waals surface area contributed by atoms with Crippen LogP contribution in [0.1, 0.15) is 5.56 Å². The molecule has 0 unspecified atom stereocenters. The van der Waals surface area contributed by atoms with E-state index >= 15 is 0 Å². The van der Waals surface area contributed by atoms with Crippen LogP contribution in [0.4, 0.5) is 0 Å². The van der Waals surface area contributed by atoms with Crippen LogP contribution in [0.2, 0.25) is 5.02 Å². The maximum absolute atomic E-state index is 12.5. The van der Waals surface area contributed by atoms with Crippen LogP contribution in [-0.4, -0.2) is 41.5 Å². The number of rotatable bonds is 3. The fourth-order valence-corrected chi connectivity index (χ4v) is 5.46. The van der Waals surface area contributed by atoms with Gasteiger partial charge in [-0.2, -0.15) is 4.31 Å². The molecule has 0 bridgehead atoms. The van der Waals surface area contributed by atoms with Gasteiger partial charge in [0.05, 0.1) is 10.8 Å². The van der Waals surface area contributed by atoms with Gasteiger partial charge in [0, 0.05) is 10.8 Å². The van der Waals surface area contributed by atoms with Gasteiger partial charge >= 0.3 is 5.97 Å². The lowest BCUT2D eigenvalue weighted by atomic mass is 10.2. The molecule has 1 aliphatic rings. The highest BCUT2D eigenvalue weighted by atomic mass is 35.5. The third-order valence-electron chi connectivity index (χ3n) is 2.85. The number of nitrogens with zero attached hydrogens (tertiary/aromatic N) is 1. The molecule has 1 aromatic rings. The molecule has 1 saturated heterocycles. The summed E-state index contributed by atoms with van der Waals surface area (Å²) >= 11 is 7.09. The summed E-state index contributed by atoms with van der Waals surface area (Å²) in [5.74, 6) is -0.706. The highest BCUT2D eigenvalue weighted by Crippen LogP contribution is 2.30. The second-order valence-electron chi connectivity index (χ2n) is 4.16. The molecular weight excluding hydrogens is 310 g/mol. The van der Waals surface area contributed by atoms with Crippen molar-refractivity contribution in [2.45, 2.75) is 17.9 Å². The normalized spacial score (nSPS) is 20.6. The van der Waals surface area contributed by atoms with E-state index in [1.54, 1.807) is 13.0 Å².